The van der Waals surface area contributed by atoms with Gasteiger partial charge in [-0.25, -0.2) is 0 Å². The molecule has 0 bridgehead atoms. The van der Waals surface area contributed by atoms with Crippen molar-refractivity contribution in [1.82, 2.24) is 15.0 Å². The van der Waals surface area contributed by atoms with E-state index in [2.05, 4.69) is 51.0 Å². The summed E-state index contributed by atoms with van der Waals surface area (Å²) in [6.07, 6.45) is 15.0. The fourth-order valence-electron chi connectivity index (χ4n) is 10.7. The summed E-state index contributed by atoms with van der Waals surface area (Å²) in [6, 6.07) is 2.21. The molecule has 0 aromatic carbocycles. The minimum absolute atomic E-state index is 0.0407. The number of hydrogen-bond acceptors (Lipinski definition) is 5. The van der Waals surface area contributed by atoms with Crippen LogP contribution in [-0.2, 0) is 16.1 Å². The lowest BCUT2D eigenvalue weighted by Crippen LogP contribution is -2.65. The number of hydrogen-bond donors (Lipinski definition) is 0. The molecule has 0 saturated heterocycles. The number of nitrogens with zero attached hydrogens (tertiary/aromatic N) is 4. The van der Waals surface area contributed by atoms with E-state index in [0.717, 1.165) is 45.1 Å². The van der Waals surface area contributed by atoms with Crippen LogP contribution in [0.3, 0.4) is 0 Å². The minimum atomic E-state index is -0.634. The van der Waals surface area contributed by atoms with Gasteiger partial charge in [-0.15, -0.1) is 5.10 Å². The van der Waals surface area contributed by atoms with Gasteiger partial charge in [0.25, 0.3) is 0 Å². The molecular formula is C33H44N4O2. The molecule has 5 aliphatic carbocycles. The predicted octanol–water partition coefficient (Wildman–Crippen LogP) is 6.50. The first-order valence-corrected chi connectivity index (χ1v) is 14.9. The van der Waals surface area contributed by atoms with Gasteiger partial charge in [0.15, 0.2) is 11.6 Å². The third-order valence-corrected chi connectivity index (χ3v) is 13.0. The average Bonchev–Trinajstić information content (AvgIpc) is 3.36. The molecule has 0 spiro atoms. The highest BCUT2D eigenvalue weighted by atomic mass is 16.1. The average molecular weight is 529 g/mol. The second-order valence-corrected chi connectivity index (χ2v) is 15.7. The van der Waals surface area contributed by atoms with Crippen LogP contribution >= 0.6 is 0 Å². The Morgan fingerprint density at radius 1 is 1.03 bits per heavy atom. The highest BCUT2D eigenvalue weighted by molar-refractivity contribution is 6.04. The fraction of sp³-hybridized carbons (Fsp3) is 0.727. The molecule has 39 heavy (non-hydrogen) atoms. The van der Waals surface area contributed by atoms with Crippen molar-refractivity contribution < 1.29 is 9.59 Å². The summed E-state index contributed by atoms with van der Waals surface area (Å²) in [6.45, 7) is 16.6. The van der Waals surface area contributed by atoms with Crippen molar-refractivity contribution in [1.29, 1.82) is 5.26 Å². The number of allylic oxidation sites excluding steroid dienone is 4. The zero-order valence-electron chi connectivity index (χ0n) is 24.8. The number of Topliss-reactive ketones (excluding diaryl/α,β-unsaturated/α-hetero) is 1. The summed E-state index contributed by atoms with van der Waals surface area (Å²) in [4.78, 5) is 27.8. The van der Waals surface area contributed by atoms with E-state index in [1.807, 2.05) is 36.9 Å². The third-order valence-electron chi connectivity index (χ3n) is 13.0. The second-order valence-electron chi connectivity index (χ2n) is 15.7. The zero-order valence-corrected chi connectivity index (χ0v) is 24.8. The van der Waals surface area contributed by atoms with Crippen LogP contribution in [0.2, 0.25) is 0 Å². The lowest BCUT2D eigenvalue weighted by molar-refractivity contribution is -0.174. The Labute approximate surface area is 233 Å². The smallest absolute Gasteiger partial charge is 0.178 e. The molecule has 1 heterocycles. The lowest BCUT2D eigenvalue weighted by atomic mass is 9.34. The van der Waals surface area contributed by atoms with E-state index in [1.165, 1.54) is 12.0 Å². The summed E-state index contributed by atoms with van der Waals surface area (Å²) >= 11 is 0. The Bertz CT molecular complexity index is 1350. The van der Waals surface area contributed by atoms with Gasteiger partial charge in [-0.2, -0.15) is 5.26 Å². The van der Waals surface area contributed by atoms with Gasteiger partial charge in [0, 0.05) is 29.5 Å². The number of nitriles is 1. The summed E-state index contributed by atoms with van der Waals surface area (Å²) < 4.78 is 1.99. The van der Waals surface area contributed by atoms with Crippen LogP contribution in [0, 0.1) is 61.6 Å². The largest absolute Gasteiger partial charge is 0.295 e. The Hall–Kier alpha value is -2.55. The van der Waals surface area contributed by atoms with Gasteiger partial charge in [-0.1, -0.05) is 65.3 Å². The maximum Gasteiger partial charge on any atom is 0.178 e. The summed E-state index contributed by atoms with van der Waals surface area (Å²) in [5.74, 6) is 0.527. The molecule has 0 radical (unpaired) electrons. The third kappa shape index (κ3) is 3.37. The maximum atomic E-state index is 14.6. The molecule has 0 unspecified atom stereocenters. The van der Waals surface area contributed by atoms with E-state index in [9.17, 15) is 14.9 Å². The van der Waals surface area contributed by atoms with Crippen LogP contribution < -0.4 is 0 Å². The highest BCUT2D eigenvalue weighted by Crippen LogP contribution is 2.74. The van der Waals surface area contributed by atoms with Crippen LogP contribution in [0.5, 0.6) is 0 Å². The van der Waals surface area contributed by atoms with Crippen LogP contribution in [0.1, 0.15) is 93.4 Å². The first-order chi connectivity index (χ1) is 18.1. The molecular weight excluding hydrogens is 484 g/mol. The van der Waals surface area contributed by atoms with Crippen LogP contribution in [-0.4, -0.2) is 26.6 Å². The van der Waals surface area contributed by atoms with Gasteiger partial charge in [0.1, 0.15) is 6.07 Å². The van der Waals surface area contributed by atoms with Gasteiger partial charge in [0.05, 0.1) is 11.8 Å². The molecule has 3 fully saturated rings. The van der Waals surface area contributed by atoms with Crippen molar-refractivity contribution >= 4 is 11.6 Å². The number of fused-ring (bicyclic) bond motifs is 7. The van der Waals surface area contributed by atoms with Crippen LogP contribution in [0.25, 0.3) is 0 Å². The Morgan fingerprint density at radius 2 is 1.74 bits per heavy atom. The van der Waals surface area contributed by atoms with Gasteiger partial charge < -0.3 is 0 Å². The van der Waals surface area contributed by atoms with Crippen LogP contribution in [0.15, 0.2) is 35.7 Å². The lowest BCUT2D eigenvalue weighted by Gasteiger charge is -2.69. The van der Waals surface area contributed by atoms with E-state index in [4.69, 9.17) is 0 Å². The number of rotatable bonds is 2. The quantitative estimate of drug-likeness (QED) is 0.437. The van der Waals surface area contributed by atoms with E-state index in [-0.39, 0.29) is 56.6 Å². The summed E-state index contributed by atoms with van der Waals surface area (Å²) in [5.41, 5.74) is 0.185. The molecule has 0 N–H and O–H groups in total. The Kier molecular flexibility index (Phi) is 5.48. The first-order valence-electron chi connectivity index (χ1n) is 14.9. The Balaban J connectivity index is 1.50. The van der Waals surface area contributed by atoms with E-state index < -0.39 is 10.8 Å². The predicted molar refractivity (Wildman–Crippen MR) is 149 cm³/mol. The van der Waals surface area contributed by atoms with Gasteiger partial charge in [0.2, 0.25) is 0 Å². The molecule has 0 aliphatic heterocycles. The molecule has 0 amide bonds. The molecule has 5 aliphatic rings. The van der Waals surface area contributed by atoms with E-state index in [1.54, 1.807) is 6.20 Å². The molecule has 6 rings (SSSR count). The summed E-state index contributed by atoms with van der Waals surface area (Å²) in [7, 11) is 0. The molecule has 6 heteroatoms. The zero-order chi connectivity index (χ0) is 28.2. The fourth-order valence-corrected chi connectivity index (χ4v) is 10.7. The Morgan fingerprint density at radius 3 is 2.41 bits per heavy atom. The number of carbonyl (C=O) groups is 2. The number of aromatic nitrogens is 3. The molecule has 3 saturated carbocycles. The molecule has 6 nitrogen and oxygen atoms in total. The monoisotopic (exact) mass is 528 g/mol. The van der Waals surface area contributed by atoms with E-state index >= 15 is 0 Å². The van der Waals surface area contributed by atoms with Gasteiger partial charge in [-0.3, -0.25) is 14.3 Å². The molecule has 7 atom stereocenters. The van der Waals surface area contributed by atoms with Gasteiger partial charge >= 0.3 is 0 Å². The van der Waals surface area contributed by atoms with E-state index in [0.29, 0.717) is 0 Å². The maximum absolute atomic E-state index is 14.6. The van der Waals surface area contributed by atoms with Crippen LogP contribution in [0.4, 0.5) is 0 Å². The standard InChI is InChI=1S/C33H44N4O2/c1-28(2)10-12-33(20-37-15-14-35-36-37)13-11-32(7)26(22(33)18-28)23(38)16-25-30(5)17-21(19-34)27(39)29(3,4)24(30)8-9-31(25,32)6/h14-17,22,24,26H,8-13,18,20H2,1-7H3/t22-,24-,26-,30-,31+,32+,33+/m0/s1. The van der Waals surface area contributed by atoms with Crippen molar-refractivity contribution in [2.45, 2.75) is 100.0 Å². The molecule has 1 aromatic rings. The van der Waals surface area contributed by atoms with Crippen molar-refractivity contribution in [3.05, 3.63) is 35.7 Å². The topological polar surface area (TPSA) is 88.6 Å². The highest BCUT2D eigenvalue weighted by Gasteiger charge is 2.69. The van der Waals surface area contributed by atoms with Crippen molar-refractivity contribution in [2.75, 3.05) is 0 Å². The summed E-state index contributed by atoms with van der Waals surface area (Å²) in [5, 5.41) is 18.4. The number of ketones is 2. The second kappa shape index (κ2) is 8.02. The molecule has 208 valence electrons. The van der Waals surface area contributed by atoms with Crippen molar-refractivity contribution in [2.24, 2.45) is 50.2 Å². The normalized spacial score (nSPS) is 44.1. The SMILES string of the molecule is CC1(C)CC[C@]2(Cn3ccnn3)CC[C@]3(C)[C@H](C(=O)C=C4[C@@]5(C)C=C(C#N)C(=O)C(C)(C)[C@@H]5CC[C@]43C)[C@@H]2C1. The van der Waals surface area contributed by atoms with Crippen molar-refractivity contribution in [3.63, 3.8) is 0 Å². The first kappa shape index (κ1) is 26.7. The minimum Gasteiger partial charge on any atom is -0.295 e. The molecule has 1 aromatic heterocycles. The number of carbonyl (C=O) groups excluding carboxylic acids is 2. The van der Waals surface area contributed by atoms with Crippen molar-refractivity contribution in [3.8, 4) is 6.07 Å². The van der Waals surface area contributed by atoms with Gasteiger partial charge in [-0.05, 0) is 84.5 Å².